The Morgan fingerprint density at radius 3 is 2.39 bits per heavy atom. The number of hydrogen-bond acceptors (Lipinski definition) is 1. The maximum Gasteiger partial charge on any atom is 0.0420 e. The van der Waals surface area contributed by atoms with E-state index in [0.717, 1.165) is 15.4 Å². The zero-order chi connectivity index (χ0) is 13.0. The van der Waals surface area contributed by atoms with Gasteiger partial charge in [0.1, 0.15) is 0 Å². The quantitative estimate of drug-likeness (QED) is 0.738. The van der Waals surface area contributed by atoms with E-state index in [1.807, 2.05) is 6.07 Å². The molecule has 1 aromatic rings. The van der Waals surface area contributed by atoms with E-state index in [-0.39, 0.29) is 0 Å². The molecule has 0 aromatic heterocycles. The summed E-state index contributed by atoms with van der Waals surface area (Å²) in [6, 6.07) is 6.67. The van der Waals surface area contributed by atoms with Gasteiger partial charge in [-0.1, -0.05) is 53.2 Å². The lowest BCUT2D eigenvalue weighted by Crippen LogP contribution is -2.25. The minimum absolute atomic E-state index is 0.429. The highest BCUT2D eigenvalue weighted by molar-refractivity contribution is 9.10. The van der Waals surface area contributed by atoms with E-state index in [0.29, 0.717) is 6.04 Å². The first-order valence-corrected chi connectivity index (χ1v) is 8.01. The van der Waals surface area contributed by atoms with Crippen LogP contribution in [-0.2, 0) is 0 Å². The van der Waals surface area contributed by atoms with Crippen LogP contribution in [0.4, 0.5) is 0 Å². The molecule has 0 saturated heterocycles. The fourth-order valence-corrected chi connectivity index (χ4v) is 3.96. The summed E-state index contributed by atoms with van der Waals surface area (Å²) in [6.45, 7) is 0. The second kappa shape index (κ2) is 6.93. The predicted molar refractivity (Wildman–Crippen MR) is 82.1 cm³/mol. The van der Waals surface area contributed by atoms with Crippen LogP contribution in [0.5, 0.6) is 0 Å². The minimum atomic E-state index is 0.429. The van der Waals surface area contributed by atoms with Crippen molar-refractivity contribution in [1.29, 1.82) is 0 Å². The summed E-state index contributed by atoms with van der Waals surface area (Å²) in [5.41, 5.74) is 1.31. The van der Waals surface area contributed by atoms with Crippen molar-refractivity contribution in [3.8, 4) is 0 Å². The average molecular weight is 331 g/mol. The van der Waals surface area contributed by atoms with Gasteiger partial charge in [0.15, 0.2) is 0 Å². The molecule has 1 fully saturated rings. The van der Waals surface area contributed by atoms with Gasteiger partial charge < -0.3 is 5.32 Å². The Kier molecular flexibility index (Phi) is 5.53. The first kappa shape index (κ1) is 14.4. The number of benzene rings is 1. The summed E-state index contributed by atoms with van der Waals surface area (Å²) < 4.78 is 1.07. The molecule has 1 aromatic carbocycles. The average Bonchev–Trinajstić information content (AvgIpc) is 2.58. The van der Waals surface area contributed by atoms with Gasteiger partial charge in [-0.3, -0.25) is 0 Å². The zero-order valence-corrected chi connectivity index (χ0v) is 13.2. The molecule has 0 amide bonds. The fourth-order valence-electron chi connectivity index (χ4n) is 3.07. The first-order valence-electron chi connectivity index (χ1n) is 6.84. The molecule has 0 bridgehead atoms. The molecule has 1 atom stereocenters. The van der Waals surface area contributed by atoms with Crippen molar-refractivity contribution in [2.75, 3.05) is 7.05 Å². The molecule has 1 unspecified atom stereocenters. The molecule has 1 nitrogen and oxygen atoms in total. The molecule has 0 aliphatic heterocycles. The third kappa shape index (κ3) is 3.72. The summed E-state index contributed by atoms with van der Waals surface area (Å²) in [5.74, 6) is 0.739. The Balaban J connectivity index is 2.20. The van der Waals surface area contributed by atoms with E-state index in [9.17, 15) is 0 Å². The highest BCUT2D eigenvalue weighted by atomic mass is 79.9. The monoisotopic (exact) mass is 329 g/mol. The molecule has 1 aliphatic carbocycles. The van der Waals surface area contributed by atoms with Crippen molar-refractivity contribution in [3.63, 3.8) is 0 Å². The predicted octanol–water partition coefficient (Wildman–Crippen LogP) is 5.33. The topological polar surface area (TPSA) is 12.0 Å². The molecule has 1 aliphatic rings. The van der Waals surface area contributed by atoms with Crippen LogP contribution in [0, 0.1) is 5.92 Å². The maximum absolute atomic E-state index is 6.16. The number of rotatable bonds is 3. The van der Waals surface area contributed by atoms with Gasteiger partial charge in [0.05, 0.1) is 0 Å². The first-order chi connectivity index (χ1) is 8.70. The normalized spacial score (nSPS) is 19.5. The second-order valence-electron chi connectivity index (χ2n) is 5.22. The largest absolute Gasteiger partial charge is 0.313 e. The third-order valence-electron chi connectivity index (χ3n) is 3.93. The van der Waals surface area contributed by atoms with Gasteiger partial charge in [-0.15, -0.1) is 0 Å². The van der Waals surface area contributed by atoms with Gasteiger partial charge in [0.25, 0.3) is 0 Å². The second-order valence-corrected chi connectivity index (χ2v) is 6.57. The van der Waals surface area contributed by atoms with Gasteiger partial charge in [-0.25, -0.2) is 0 Å². The molecule has 100 valence electrons. The van der Waals surface area contributed by atoms with Crippen LogP contribution in [0.1, 0.15) is 50.1 Å². The Bertz CT molecular complexity index is 366. The van der Waals surface area contributed by atoms with Gasteiger partial charge in [-0.05, 0) is 49.6 Å². The molecule has 0 radical (unpaired) electrons. The summed E-state index contributed by atoms with van der Waals surface area (Å²) in [7, 11) is 2.06. The Hall–Kier alpha value is -0.0500. The van der Waals surface area contributed by atoms with Crippen molar-refractivity contribution in [2.24, 2.45) is 5.92 Å². The van der Waals surface area contributed by atoms with Gasteiger partial charge in [0.2, 0.25) is 0 Å². The standard InChI is InChI=1S/C15H21BrClN/c1-18-15(11-6-4-2-3-5-7-11)12-8-13(16)10-14(17)9-12/h8-11,15,18H,2-7H2,1H3. The lowest BCUT2D eigenvalue weighted by atomic mass is 9.87. The van der Waals surface area contributed by atoms with Crippen molar-refractivity contribution in [1.82, 2.24) is 5.32 Å². The van der Waals surface area contributed by atoms with Crippen molar-refractivity contribution < 1.29 is 0 Å². The van der Waals surface area contributed by atoms with Crippen LogP contribution < -0.4 is 5.32 Å². The van der Waals surface area contributed by atoms with Crippen molar-refractivity contribution >= 4 is 27.5 Å². The van der Waals surface area contributed by atoms with Crippen LogP contribution >= 0.6 is 27.5 Å². The summed E-state index contributed by atoms with van der Waals surface area (Å²) >= 11 is 9.70. The minimum Gasteiger partial charge on any atom is -0.313 e. The van der Waals surface area contributed by atoms with Crippen LogP contribution in [0.3, 0.4) is 0 Å². The molecule has 0 heterocycles. The van der Waals surface area contributed by atoms with Crippen molar-refractivity contribution in [3.05, 3.63) is 33.3 Å². The highest BCUT2D eigenvalue weighted by Crippen LogP contribution is 2.35. The van der Waals surface area contributed by atoms with E-state index in [1.54, 1.807) is 0 Å². The molecule has 1 N–H and O–H groups in total. The molecule has 0 spiro atoms. The molecular weight excluding hydrogens is 310 g/mol. The molecule has 3 heteroatoms. The van der Waals surface area contributed by atoms with Crippen molar-refractivity contribution in [2.45, 2.75) is 44.6 Å². The van der Waals surface area contributed by atoms with Crippen LogP contribution in [0.15, 0.2) is 22.7 Å². The highest BCUT2D eigenvalue weighted by Gasteiger charge is 2.23. The lowest BCUT2D eigenvalue weighted by molar-refractivity contribution is 0.341. The SMILES string of the molecule is CNC(c1cc(Cl)cc(Br)c1)C1CCCCCC1. The summed E-state index contributed by atoms with van der Waals surface area (Å²) in [5, 5.41) is 4.30. The summed E-state index contributed by atoms with van der Waals surface area (Å²) in [6.07, 6.45) is 8.18. The third-order valence-corrected chi connectivity index (χ3v) is 4.60. The zero-order valence-electron chi connectivity index (χ0n) is 10.9. The van der Waals surface area contributed by atoms with Crippen LogP contribution in [-0.4, -0.2) is 7.05 Å². The van der Waals surface area contributed by atoms with E-state index in [4.69, 9.17) is 11.6 Å². The smallest absolute Gasteiger partial charge is 0.0420 e. The van der Waals surface area contributed by atoms with E-state index < -0.39 is 0 Å². The maximum atomic E-state index is 6.16. The van der Waals surface area contributed by atoms with Gasteiger partial charge in [0, 0.05) is 15.5 Å². The Labute approximate surface area is 123 Å². The summed E-state index contributed by atoms with van der Waals surface area (Å²) in [4.78, 5) is 0. The van der Waals surface area contributed by atoms with E-state index >= 15 is 0 Å². The van der Waals surface area contributed by atoms with E-state index in [1.165, 1.54) is 44.1 Å². The number of hydrogen-bond donors (Lipinski definition) is 1. The Morgan fingerprint density at radius 2 is 1.83 bits per heavy atom. The van der Waals surface area contributed by atoms with Crippen LogP contribution in [0.25, 0.3) is 0 Å². The number of nitrogens with one attached hydrogen (secondary N) is 1. The number of halogens is 2. The van der Waals surface area contributed by atoms with Gasteiger partial charge in [-0.2, -0.15) is 0 Å². The fraction of sp³-hybridized carbons (Fsp3) is 0.600. The molecule has 1 saturated carbocycles. The van der Waals surface area contributed by atoms with E-state index in [2.05, 4.69) is 40.4 Å². The van der Waals surface area contributed by atoms with Gasteiger partial charge >= 0.3 is 0 Å². The molecule has 18 heavy (non-hydrogen) atoms. The molecule has 2 rings (SSSR count). The Morgan fingerprint density at radius 1 is 1.17 bits per heavy atom. The lowest BCUT2D eigenvalue weighted by Gasteiger charge is -2.26. The molecular formula is C15H21BrClN. The van der Waals surface area contributed by atoms with Crippen LogP contribution in [0.2, 0.25) is 5.02 Å².